The molecule has 0 spiro atoms. The Morgan fingerprint density at radius 2 is 1.81 bits per heavy atom. The van der Waals surface area contributed by atoms with Crippen molar-refractivity contribution in [1.82, 2.24) is 9.46 Å². The normalized spacial score (nSPS) is 11.7. The van der Waals surface area contributed by atoms with Crippen molar-refractivity contribution < 1.29 is 17.7 Å². The van der Waals surface area contributed by atoms with Crippen LogP contribution in [0.4, 0.5) is 5.69 Å². The third-order valence-corrected chi connectivity index (χ3v) is 8.24. The molecule has 0 saturated heterocycles. The molecule has 0 saturated carbocycles. The summed E-state index contributed by atoms with van der Waals surface area (Å²) in [5, 5.41) is 6.73. The van der Waals surface area contributed by atoms with Crippen LogP contribution in [-0.2, 0) is 15.8 Å². The summed E-state index contributed by atoms with van der Waals surface area (Å²) in [6.07, 6.45) is 0. The van der Waals surface area contributed by atoms with Crippen LogP contribution in [0.2, 0.25) is 0 Å². The average molecular weight is 474 g/mol. The van der Waals surface area contributed by atoms with Gasteiger partial charge in [-0.2, -0.15) is 4.31 Å². The van der Waals surface area contributed by atoms with Crippen LogP contribution in [0.5, 0.6) is 0 Å². The summed E-state index contributed by atoms with van der Waals surface area (Å²) in [7, 11) is -3.64. The maximum atomic E-state index is 13.0. The molecule has 0 radical (unpaired) electrons. The molecule has 0 aliphatic heterocycles. The number of aryl methyl sites for hydroxylation is 2. The lowest BCUT2D eigenvalue weighted by Crippen LogP contribution is -2.31. The summed E-state index contributed by atoms with van der Waals surface area (Å²) in [6.45, 7) is 7.97. The third kappa shape index (κ3) is 5.40. The van der Waals surface area contributed by atoms with E-state index in [-0.39, 0.29) is 10.8 Å². The highest BCUT2D eigenvalue weighted by Gasteiger charge is 2.24. The summed E-state index contributed by atoms with van der Waals surface area (Å²) >= 11 is 1.47. The summed E-state index contributed by atoms with van der Waals surface area (Å²) in [5.74, 6) is 0.964. The SMILES string of the molecule is CCN(CC)S(=O)(=O)c1cc(NC(=O)c2ccccc2SCc2cc(C)no2)ccc1C. The predicted octanol–water partition coefficient (Wildman–Crippen LogP) is 4.87. The molecule has 2 aromatic carbocycles. The average Bonchev–Trinajstić information content (AvgIpc) is 3.19. The lowest BCUT2D eigenvalue weighted by molar-refractivity contribution is 0.102. The van der Waals surface area contributed by atoms with Crippen molar-refractivity contribution in [2.45, 2.75) is 43.2 Å². The zero-order chi connectivity index (χ0) is 23.3. The molecule has 32 heavy (non-hydrogen) atoms. The molecule has 1 heterocycles. The molecule has 0 atom stereocenters. The van der Waals surface area contributed by atoms with Crippen molar-refractivity contribution in [2.24, 2.45) is 0 Å². The number of nitrogens with one attached hydrogen (secondary N) is 1. The molecule has 9 heteroatoms. The van der Waals surface area contributed by atoms with Crippen LogP contribution < -0.4 is 5.32 Å². The number of nitrogens with zero attached hydrogens (tertiary/aromatic N) is 2. The van der Waals surface area contributed by atoms with Gasteiger partial charge < -0.3 is 9.84 Å². The lowest BCUT2D eigenvalue weighted by atomic mass is 10.2. The highest BCUT2D eigenvalue weighted by molar-refractivity contribution is 7.98. The fourth-order valence-corrected chi connectivity index (χ4v) is 5.90. The number of hydrogen-bond donors (Lipinski definition) is 1. The molecular formula is C23H27N3O4S2. The number of thioether (sulfide) groups is 1. The van der Waals surface area contributed by atoms with Crippen LogP contribution in [0.15, 0.2) is 62.8 Å². The standard InChI is InChI=1S/C23H27N3O4S2/c1-5-26(6-2)32(28,29)22-14-18(12-11-16(22)3)24-23(27)20-9-7-8-10-21(20)31-15-19-13-17(4)25-30-19/h7-14H,5-6,15H2,1-4H3,(H,24,27). The Morgan fingerprint density at radius 1 is 1.09 bits per heavy atom. The number of sulfonamides is 1. The maximum Gasteiger partial charge on any atom is 0.256 e. The molecule has 170 valence electrons. The van der Waals surface area contributed by atoms with E-state index in [4.69, 9.17) is 4.52 Å². The molecule has 3 aromatic rings. The third-order valence-electron chi connectivity index (χ3n) is 4.95. The Labute approximate surface area is 193 Å². The zero-order valence-electron chi connectivity index (χ0n) is 18.6. The van der Waals surface area contributed by atoms with Crippen LogP contribution in [-0.4, -0.2) is 36.9 Å². The fourth-order valence-electron chi connectivity index (χ4n) is 3.27. The van der Waals surface area contributed by atoms with E-state index in [1.807, 2.05) is 25.1 Å². The van der Waals surface area contributed by atoms with Gasteiger partial charge in [0.2, 0.25) is 10.0 Å². The van der Waals surface area contributed by atoms with Crippen molar-refractivity contribution in [2.75, 3.05) is 18.4 Å². The maximum absolute atomic E-state index is 13.0. The first-order valence-electron chi connectivity index (χ1n) is 10.3. The molecule has 0 fully saturated rings. The van der Waals surface area contributed by atoms with Gasteiger partial charge in [-0.15, -0.1) is 11.8 Å². The Hall–Kier alpha value is -2.62. The van der Waals surface area contributed by atoms with Crippen molar-refractivity contribution in [3.05, 3.63) is 71.1 Å². The molecule has 0 aliphatic rings. The van der Waals surface area contributed by atoms with Crippen LogP contribution in [0, 0.1) is 13.8 Å². The van der Waals surface area contributed by atoms with Crippen molar-refractivity contribution >= 4 is 33.4 Å². The minimum Gasteiger partial charge on any atom is -0.360 e. The molecule has 7 nitrogen and oxygen atoms in total. The van der Waals surface area contributed by atoms with Crippen molar-refractivity contribution in [1.29, 1.82) is 0 Å². The van der Waals surface area contributed by atoms with E-state index in [1.54, 1.807) is 45.0 Å². The van der Waals surface area contributed by atoms with Crippen molar-refractivity contribution in [3.8, 4) is 0 Å². The summed E-state index contributed by atoms with van der Waals surface area (Å²) in [5.41, 5.74) is 2.37. The number of anilines is 1. The van der Waals surface area contributed by atoms with Gasteiger partial charge >= 0.3 is 0 Å². The first kappa shape index (κ1) is 24.0. The van der Waals surface area contributed by atoms with E-state index in [0.29, 0.717) is 35.7 Å². The molecule has 1 aromatic heterocycles. The topological polar surface area (TPSA) is 92.5 Å². The molecule has 1 N–H and O–H groups in total. The smallest absolute Gasteiger partial charge is 0.256 e. The number of carbonyl (C=O) groups excluding carboxylic acids is 1. The van der Waals surface area contributed by atoms with Crippen LogP contribution in [0.25, 0.3) is 0 Å². The van der Waals surface area contributed by atoms with Gasteiger partial charge in [0.15, 0.2) is 0 Å². The molecule has 1 amide bonds. The Balaban J connectivity index is 1.82. The lowest BCUT2D eigenvalue weighted by Gasteiger charge is -2.20. The molecule has 3 rings (SSSR count). The van der Waals surface area contributed by atoms with Gasteiger partial charge in [0.1, 0.15) is 5.76 Å². The van der Waals surface area contributed by atoms with Crippen LogP contribution in [0.3, 0.4) is 0 Å². The molecule has 0 unspecified atom stereocenters. The second-order valence-corrected chi connectivity index (χ2v) is 10.2. The van der Waals surface area contributed by atoms with E-state index in [1.165, 1.54) is 22.1 Å². The van der Waals surface area contributed by atoms with Gasteiger partial charge in [-0.1, -0.05) is 37.2 Å². The van der Waals surface area contributed by atoms with E-state index >= 15 is 0 Å². The quantitative estimate of drug-likeness (QED) is 0.446. The first-order valence-corrected chi connectivity index (χ1v) is 12.7. The van der Waals surface area contributed by atoms with Crippen molar-refractivity contribution in [3.63, 3.8) is 0 Å². The zero-order valence-corrected chi connectivity index (χ0v) is 20.2. The van der Waals surface area contributed by atoms with E-state index in [2.05, 4.69) is 10.5 Å². The van der Waals surface area contributed by atoms with Gasteiger partial charge in [0.05, 0.1) is 21.9 Å². The second kappa shape index (κ2) is 10.3. The number of benzene rings is 2. The van der Waals surface area contributed by atoms with E-state index in [0.717, 1.165) is 16.3 Å². The highest BCUT2D eigenvalue weighted by atomic mass is 32.2. The number of rotatable bonds is 9. The fraction of sp³-hybridized carbons (Fsp3) is 0.304. The minimum atomic E-state index is -3.64. The van der Waals surface area contributed by atoms with Crippen LogP contribution in [0.1, 0.15) is 41.2 Å². The number of carbonyl (C=O) groups is 1. The van der Waals surface area contributed by atoms with Gasteiger partial charge in [-0.3, -0.25) is 4.79 Å². The minimum absolute atomic E-state index is 0.197. The first-order chi connectivity index (χ1) is 15.3. The largest absolute Gasteiger partial charge is 0.360 e. The molecular weight excluding hydrogens is 446 g/mol. The van der Waals surface area contributed by atoms with E-state index < -0.39 is 10.0 Å². The number of aromatic nitrogens is 1. The van der Waals surface area contributed by atoms with Gasteiger partial charge in [0.25, 0.3) is 5.91 Å². The van der Waals surface area contributed by atoms with Gasteiger partial charge in [0, 0.05) is 29.7 Å². The number of hydrogen-bond acceptors (Lipinski definition) is 6. The summed E-state index contributed by atoms with van der Waals surface area (Å²) < 4.78 is 32.6. The summed E-state index contributed by atoms with van der Waals surface area (Å²) in [6, 6.07) is 14.1. The summed E-state index contributed by atoms with van der Waals surface area (Å²) in [4.78, 5) is 14.0. The second-order valence-electron chi connectivity index (χ2n) is 7.24. The van der Waals surface area contributed by atoms with E-state index in [9.17, 15) is 13.2 Å². The molecule has 0 aliphatic carbocycles. The molecule has 0 bridgehead atoms. The Morgan fingerprint density at radius 3 is 2.47 bits per heavy atom. The van der Waals surface area contributed by atoms with Gasteiger partial charge in [-0.25, -0.2) is 8.42 Å². The Kier molecular flexibility index (Phi) is 7.76. The number of amides is 1. The monoisotopic (exact) mass is 473 g/mol. The predicted molar refractivity (Wildman–Crippen MR) is 126 cm³/mol. The Bertz CT molecular complexity index is 1200. The highest BCUT2D eigenvalue weighted by Crippen LogP contribution is 2.28. The van der Waals surface area contributed by atoms with Crippen LogP contribution >= 0.6 is 11.8 Å². The van der Waals surface area contributed by atoms with Gasteiger partial charge in [-0.05, 0) is 43.7 Å².